The van der Waals surface area contributed by atoms with Gasteiger partial charge in [0.05, 0.1) is 4.90 Å². The average Bonchev–Trinajstić information content (AvgIpc) is 2.68. The number of carbonyl (C=O) groups excluding carboxylic acids is 1. The molecule has 0 aromatic heterocycles. The molecule has 1 amide bonds. The maximum absolute atomic E-state index is 13.0. The van der Waals surface area contributed by atoms with E-state index in [1.54, 1.807) is 54.6 Å². The molecule has 1 atom stereocenters. The second-order valence-electron chi connectivity index (χ2n) is 6.39. The minimum Gasteiger partial charge on any atom is -0.335 e. The molecule has 0 saturated carbocycles. The highest BCUT2D eigenvalue weighted by atomic mass is 32.2. The van der Waals surface area contributed by atoms with Crippen LogP contribution in [-0.2, 0) is 9.84 Å². The summed E-state index contributed by atoms with van der Waals surface area (Å²) < 4.78 is 26.0. The molecule has 0 spiro atoms. The molecule has 4 nitrogen and oxygen atoms in total. The van der Waals surface area contributed by atoms with Gasteiger partial charge >= 0.3 is 0 Å². The number of rotatable bonds is 10. The molecule has 1 N–H and O–H groups in total. The van der Waals surface area contributed by atoms with Crippen LogP contribution in [0.25, 0.3) is 0 Å². The van der Waals surface area contributed by atoms with Crippen LogP contribution in [0.1, 0.15) is 55.8 Å². The lowest BCUT2D eigenvalue weighted by atomic mass is 10.1. The lowest BCUT2D eigenvalue weighted by Gasteiger charge is -2.19. The van der Waals surface area contributed by atoms with E-state index in [2.05, 4.69) is 12.2 Å². The molecule has 2 aromatic rings. The Balaban J connectivity index is 2.14. The minimum absolute atomic E-state index is 0.243. The van der Waals surface area contributed by atoms with Crippen molar-refractivity contribution >= 4 is 15.7 Å². The number of nitrogens with one attached hydrogen (secondary N) is 1. The number of hydrogen-bond donors (Lipinski definition) is 1. The van der Waals surface area contributed by atoms with Crippen LogP contribution in [0.15, 0.2) is 65.6 Å². The molecule has 0 bridgehead atoms. The number of sulfone groups is 1. The molecule has 0 aliphatic heterocycles. The Labute approximate surface area is 156 Å². The molecule has 0 saturated heterocycles. The lowest BCUT2D eigenvalue weighted by molar-refractivity contribution is 0.0946. The molecule has 5 heteroatoms. The summed E-state index contributed by atoms with van der Waals surface area (Å²) in [7, 11) is -3.63. The highest BCUT2D eigenvalue weighted by molar-refractivity contribution is 7.92. The summed E-state index contributed by atoms with van der Waals surface area (Å²) in [5.41, 5.74) is 0.465. The fourth-order valence-corrected chi connectivity index (χ4v) is 4.44. The summed E-state index contributed by atoms with van der Waals surface area (Å²) in [5.74, 6) is -0.358. The van der Waals surface area contributed by atoms with E-state index in [4.69, 9.17) is 0 Å². The molecule has 0 aliphatic carbocycles. The third kappa shape index (κ3) is 5.70. The summed E-state index contributed by atoms with van der Waals surface area (Å²) in [6, 6.07) is 17.0. The van der Waals surface area contributed by atoms with Gasteiger partial charge in [-0.05, 0) is 30.7 Å². The van der Waals surface area contributed by atoms with Gasteiger partial charge < -0.3 is 5.32 Å². The van der Waals surface area contributed by atoms with Crippen LogP contribution in [0, 0.1) is 0 Å². The van der Waals surface area contributed by atoms with Gasteiger partial charge in [-0.25, -0.2) is 8.42 Å². The molecular formula is C21H27NO3S. The normalized spacial score (nSPS) is 12.5. The van der Waals surface area contributed by atoms with Crippen molar-refractivity contribution in [2.75, 3.05) is 0 Å². The van der Waals surface area contributed by atoms with E-state index in [0.717, 1.165) is 32.1 Å². The predicted octanol–water partition coefficient (Wildman–Crippen LogP) is 4.58. The van der Waals surface area contributed by atoms with Crippen LogP contribution >= 0.6 is 0 Å². The van der Waals surface area contributed by atoms with Crippen LogP contribution < -0.4 is 5.32 Å². The van der Waals surface area contributed by atoms with Gasteiger partial charge in [0.1, 0.15) is 5.37 Å². The van der Waals surface area contributed by atoms with Crippen molar-refractivity contribution in [2.45, 2.75) is 55.7 Å². The highest BCUT2D eigenvalue weighted by Crippen LogP contribution is 2.20. The number of amides is 1. The maximum Gasteiger partial charge on any atom is 0.252 e. The van der Waals surface area contributed by atoms with Crippen molar-refractivity contribution in [2.24, 2.45) is 0 Å². The smallest absolute Gasteiger partial charge is 0.252 e. The maximum atomic E-state index is 13.0. The van der Waals surface area contributed by atoms with E-state index in [1.165, 1.54) is 0 Å². The zero-order valence-corrected chi connectivity index (χ0v) is 16.0. The van der Waals surface area contributed by atoms with E-state index in [9.17, 15) is 13.2 Å². The van der Waals surface area contributed by atoms with Gasteiger partial charge in [0.25, 0.3) is 5.91 Å². The van der Waals surface area contributed by atoms with Crippen molar-refractivity contribution in [1.82, 2.24) is 5.32 Å². The Morgan fingerprint density at radius 1 is 0.885 bits per heavy atom. The standard InChI is InChI=1S/C21H27NO3S/c1-2-3-4-5-12-17-20(22-21(23)18-13-8-6-9-14-18)26(24,25)19-15-10-7-11-16-19/h6-11,13-16,20H,2-5,12,17H2,1H3,(H,22,23). The lowest BCUT2D eigenvalue weighted by Crippen LogP contribution is -2.40. The minimum atomic E-state index is -3.63. The van der Waals surface area contributed by atoms with E-state index in [0.29, 0.717) is 12.0 Å². The van der Waals surface area contributed by atoms with Crippen molar-refractivity contribution in [1.29, 1.82) is 0 Å². The summed E-state index contributed by atoms with van der Waals surface area (Å²) in [5, 5.41) is 1.82. The molecule has 0 fully saturated rings. The molecule has 2 rings (SSSR count). The van der Waals surface area contributed by atoms with E-state index < -0.39 is 15.2 Å². The fraction of sp³-hybridized carbons (Fsp3) is 0.381. The van der Waals surface area contributed by atoms with Crippen LogP contribution in [0.2, 0.25) is 0 Å². The molecule has 140 valence electrons. The summed E-state index contributed by atoms with van der Waals surface area (Å²) in [6.45, 7) is 2.14. The van der Waals surface area contributed by atoms with Crippen molar-refractivity contribution in [3.63, 3.8) is 0 Å². The first-order valence-electron chi connectivity index (χ1n) is 9.20. The average molecular weight is 374 g/mol. The SMILES string of the molecule is CCCCCCCC(NC(=O)c1ccccc1)S(=O)(=O)c1ccccc1. The largest absolute Gasteiger partial charge is 0.335 e. The Hall–Kier alpha value is -2.14. The zero-order valence-electron chi connectivity index (χ0n) is 15.2. The van der Waals surface area contributed by atoms with E-state index >= 15 is 0 Å². The number of hydrogen-bond acceptors (Lipinski definition) is 3. The first kappa shape index (κ1) is 20.2. The Morgan fingerprint density at radius 3 is 2.08 bits per heavy atom. The van der Waals surface area contributed by atoms with Crippen LogP contribution in [0.3, 0.4) is 0 Å². The van der Waals surface area contributed by atoms with E-state index in [1.807, 2.05) is 6.07 Å². The molecule has 0 aliphatic rings. The number of carbonyl (C=O) groups is 1. The predicted molar refractivity (Wildman–Crippen MR) is 105 cm³/mol. The quantitative estimate of drug-likeness (QED) is 0.620. The first-order valence-corrected chi connectivity index (χ1v) is 10.7. The topological polar surface area (TPSA) is 63.2 Å². The summed E-state index contributed by atoms with van der Waals surface area (Å²) >= 11 is 0. The summed E-state index contributed by atoms with van der Waals surface area (Å²) in [6.07, 6.45) is 5.52. The van der Waals surface area contributed by atoms with Gasteiger partial charge in [-0.2, -0.15) is 0 Å². The van der Waals surface area contributed by atoms with Crippen molar-refractivity contribution in [3.05, 3.63) is 66.2 Å². The van der Waals surface area contributed by atoms with Gasteiger partial charge in [-0.15, -0.1) is 0 Å². The molecule has 2 aromatic carbocycles. The van der Waals surface area contributed by atoms with Gasteiger partial charge in [-0.3, -0.25) is 4.79 Å². The molecular weight excluding hydrogens is 346 g/mol. The van der Waals surface area contributed by atoms with Gasteiger partial charge in [-0.1, -0.05) is 75.4 Å². The number of unbranched alkanes of at least 4 members (excludes halogenated alkanes) is 4. The van der Waals surface area contributed by atoms with Crippen LogP contribution in [0.4, 0.5) is 0 Å². The second kappa shape index (κ2) is 10.1. The van der Waals surface area contributed by atoms with Gasteiger partial charge in [0.15, 0.2) is 9.84 Å². The fourth-order valence-electron chi connectivity index (χ4n) is 2.83. The highest BCUT2D eigenvalue weighted by Gasteiger charge is 2.28. The Morgan fingerprint density at radius 2 is 1.46 bits per heavy atom. The van der Waals surface area contributed by atoms with E-state index in [-0.39, 0.29) is 10.8 Å². The summed E-state index contributed by atoms with van der Waals surface area (Å²) in [4.78, 5) is 12.7. The third-order valence-electron chi connectivity index (χ3n) is 4.34. The van der Waals surface area contributed by atoms with Crippen molar-refractivity contribution in [3.8, 4) is 0 Å². The molecule has 1 unspecified atom stereocenters. The van der Waals surface area contributed by atoms with Crippen LogP contribution in [-0.4, -0.2) is 19.7 Å². The molecule has 26 heavy (non-hydrogen) atoms. The monoisotopic (exact) mass is 373 g/mol. The van der Waals surface area contributed by atoms with Gasteiger partial charge in [0.2, 0.25) is 0 Å². The second-order valence-corrected chi connectivity index (χ2v) is 8.52. The number of benzene rings is 2. The van der Waals surface area contributed by atoms with Gasteiger partial charge in [0, 0.05) is 5.56 Å². The Bertz CT molecular complexity index is 773. The molecule has 0 radical (unpaired) electrons. The third-order valence-corrected chi connectivity index (χ3v) is 6.38. The van der Waals surface area contributed by atoms with Crippen LogP contribution in [0.5, 0.6) is 0 Å². The first-order chi connectivity index (χ1) is 12.6. The zero-order chi connectivity index (χ0) is 18.8. The Kier molecular flexibility index (Phi) is 7.85. The molecule has 0 heterocycles. The van der Waals surface area contributed by atoms with Crippen molar-refractivity contribution < 1.29 is 13.2 Å².